The minimum absolute atomic E-state index is 0.264. The van der Waals surface area contributed by atoms with Crippen LogP contribution in [-0.2, 0) is 19.5 Å². The largest absolute Gasteiger partial charge is 0.349 e. The maximum absolute atomic E-state index is 13.1. The lowest BCUT2D eigenvalue weighted by molar-refractivity contribution is -0.0913. The molecule has 0 spiro atoms. The van der Waals surface area contributed by atoms with Gasteiger partial charge in [0.15, 0.2) is 6.29 Å². The molecule has 1 aromatic carbocycles. The van der Waals surface area contributed by atoms with Crippen molar-refractivity contribution in [1.82, 2.24) is 4.31 Å². The minimum Gasteiger partial charge on any atom is -0.349 e. The van der Waals surface area contributed by atoms with E-state index in [1.807, 2.05) is 0 Å². The van der Waals surface area contributed by atoms with Crippen LogP contribution in [0.15, 0.2) is 23.1 Å². The molecule has 2 heterocycles. The molecule has 2 fully saturated rings. The van der Waals surface area contributed by atoms with Gasteiger partial charge in [-0.25, -0.2) is 8.42 Å². The van der Waals surface area contributed by atoms with Crippen LogP contribution in [0.25, 0.3) is 0 Å². The van der Waals surface area contributed by atoms with Crippen molar-refractivity contribution in [2.75, 3.05) is 19.8 Å². The van der Waals surface area contributed by atoms with Crippen LogP contribution in [0.4, 0.5) is 0 Å². The van der Waals surface area contributed by atoms with Crippen LogP contribution < -0.4 is 0 Å². The first-order chi connectivity index (χ1) is 10.5. The Bertz CT molecular complexity index is 643. The number of sulfonamides is 1. The van der Waals surface area contributed by atoms with Gasteiger partial charge in [-0.05, 0) is 37.5 Å². The smallest absolute Gasteiger partial charge is 0.243 e. The van der Waals surface area contributed by atoms with Gasteiger partial charge in [0.1, 0.15) is 0 Å². The second kappa shape index (κ2) is 6.45. The summed E-state index contributed by atoms with van der Waals surface area (Å²) >= 11 is 5.99. The molecule has 0 amide bonds. The highest BCUT2D eigenvalue weighted by Crippen LogP contribution is 2.31. The maximum Gasteiger partial charge on any atom is 0.243 e. The molecule has 0 radical (unpaired) electrons. The van der Waals surface area contributed by atoms with Gasteiger partial charge in [0.25, 0.3) is 0 Å². The summed E-state index contributed by atoms with van der Waals surface area (Å²) < 4.78 is 38.8. The van der Waals surface area contributed by atoms with Crippen molar-refractivity contribution in [3.8, 4) is 0 Å². The van der Waals surface area contributed by atoms with Crippen molar-refractivity contribution >= 4 is 21.6 Å². The summed E-state index contributed by atoms with van der Waals surface area (Å²) in [5, 5.41) is 0.422. The van der Waals surface area contributed by atoms with Gasteiger partial charge in [-0.15, -0.1) is 0 Å². The van der Waals surface area contributed by atoms with E-state index in [0.29, 0.717) is 30.3 Å². The Morgan fingerprint density at radius 2 is 1.95 bits per heavy atom. The Labute approximate surface area is 136 Å². The van der Waals surface area contributed by atoms with Crippen molar-refractivity contribution in [3.05, 3.63) is 28.8 Å². The molecule has 22 heavy (non-hydrogen) atoms. The van der Waals surface area contributed by atoms with Gasteiger partial charge < -0.3 is 9.47 Å². The fraction of sp³-hybridized carbons (Fsp3) is 0.600. The SMILES string of the molecule is Cc1ccc(Cl)cc1S(=O)(=O)N1CCCC[C@@H]1C1OCCO1. The highest BCUT2D eigenvalue weighted by atomic mass is 35.5. The second-order valence-electron chi connectivity index (χ2n) is 5.70. The number of hydrogen-bond donors (Lipinski definition) is 0. The predicted octanol–water partition coefficient (Wildman–Crippen LogP) is 2.56. The Balaban J connectivity index is 1.96. The molecule has 2 aliphatic heterocycles. The number of nitrogens with zero attached hydrogens (tertiary/aromatic N) is 1. The third kappa shape index (κ3) is 3.03. The number of piperidine rings is 1. The van der Waals surface area contributed by atoms with Crippen LogP contribution >= 0.6 is 11.6 Å². The minimum atomic E-state index is -3.61. The van der Waals surface area contributed by atoms with Crippen LogP contribution in [0.5, 0.6) is 0 Å². The van der Waals surface area contributed by atoms with E-state index in [1.165, 1.54) is 10.4 Å². The van der Waals surface area contributed by atoms with Crippen LogP contribution in [0.1, 0.15) is 24.8 Å². The van der Waals surface area contributed by atoms with Gasteiger partial charge in [-0.1, -0.05) is 24.1 Å². The van der Waals surface area contributed by atoms with Gasteiger partial charge in [0, 0.05) is 11.6 Å². The molecule has 0 bridgehead atoms. The molecule has 0 aromatic heterocycles. The van der Waals surface area contributed by atoms with Crippen LogP contribution in [0.2, 0.25) is 5.02 Å². The lowest BCUT2D eigenvalue weighted by Crippen LogP contribution is -2.50. The van der Waals surface area contributed by atoms with Crippen molar-refractivity contribution in [2.24, 2.45) is 0 Å². The molecule has 1 atom stereocenters. The number of rotatable bonds is 3. The molecular formula is C15H20ClNO4S. The zero-order valence-electron chi connectivity index (χ0n) is 12.5. The molecule has 2 saturated heterocycles. The zero-order chi connectivity index (χ0) is 15.7. The quantitative estimate of drug-likeness (QED) is 0.844. The summed E-state index contributed by atoms with van der Waals surface area (Å²) in [7, 11) is -3.61. The van der Waals surface area contributed by atoms with E-state index >= 15 is 0 Å². The van der Waals surface area contributed by atoms with E-state index < -0.39 is 16.3 Å². The fourth-order valence-electron chi connectivity index (χ4n) is 3.08. The van der Waals surface area contributed by atoms with Gasteiger partial charge in [-0.2, -0.15) is 4.31 Å². The summed E-state index contributed by atoms with van der Waals surface area (Å²) in [6.07, 6.45) is 2.12. The molecule has 0 saturated carbocycles. The molecule has 7 heteroatoms. The Kier molecular flexibility index (Phi) is 4.75. The Morgan fingerprint density at radius 1 is 1.23 bits per heavy atom. The molecule has 1 aromatic rings. The highest BCUT2D eigenvalue weighted by molar-refractivity contribution is 7.89. The van der Waals surface area contributed by atoms with E-state index in [4.69, 9.17) is 21.1 Å². The number of benzene rings is 1. The average Bonchev–Trinajstić information content (AvgIpc) is 3.04. The van der Waals surface area contributed by atoms with Crippen molar-refractivity contribution < 1.29 is 17.9 Å². The van der Waals surface area contributed by atoms with E-state index in [0.717, 1.165) is 19.3 Å². The lowest BCUT2D eigenvalue weighted by atomic mass is 10.0. The van der Waals surface area contributed by atoms with Crippen molar-refractivity contribution in [3.63, 3.8) is 0 Å². The molecule has 0 N–H and O–H groups in total. The number of ether oxygens (including phenoxy) is 2. The van der Waals surface area contributed by atoms with Gasteiger partial charge in [0.2, 0.25) is 10.0 Å². The van der Waals surface area contributed by atoms with Crippen LogP contribution in [-0.4, -0.2) is 44.8 Å². The third-order valence-corrected chi connectivity index (χ3v) is 6.50. The van der Waals surface area contributed by atoms with Gasteiger partial charge in [0.05, 0.1) is 24.2 Å². The number of hydrogen-bond acceptors (Lipinski definition) is 4. The summed E-state index contributed by atoms with van der Waals surface area (Å²) in [5.41, 5.74) is 0.696. The zero-order valence-corrected chi connectivity index (χ0v) is 14.1. The van der Waals surface area contributed by atoms with Crippen LogP contribution in [0.3, 0.4) is 0 Å². The summed E-state index contributed by atoms with van der Waals surface area (Å²) in [5.74, 6) is 0. The first-order valence-corrected chi connectivity index (χ1v) is 9.33. The van der Waals surface area contributed by atoms with Gasteiger partial charge >= 0.3 is 0 Å². The van der Waals surface area contributed by atoms with Crippen LogP contribution in [0, 0.1) is 6.92 Å². The van der Waals surface area contributed by atoms with E-state index in [9.17, 15) is 8.42 Å². The average molecular weight is 346 g/mol. The summed E-state index contributed by atoms with van der Waals surface area (Å²) in [4.78, 5) is 0.268. The molecule has 0 aliphatic carbocycles. The highest BCUT2D eigenvalue weighted by Gasteiger charge is 2.40. The molecular weight excluding hydrogens is 326 g/mol. The van der Waals surface area contributed by atoms with E-state index in [2.05, 4.69) is 0 Å². The fourth-order valence-corrected chi connectivity index (χ4v) is 5.25. The predicted molar refractivity (Wildman–Crippen MR) is 83.4 cm³/mol. The van der Waals surface area contributed by atoms with Gasteiger partial charge in [-0.3, -0.25) is 0 Å². The normalized spacial score (nSPS) is 24.7. The maximum atomic E-state index is 13.1. The van der Waals surface area contributed by atoms with Crippen molar-refractivity contribution in [1.29, 1.82) is 0 Å². The second-order valence-corrected chi connectivity index (χ2v) is 7.99. The standard InChI is InChI=1S/C15H20ClNO4S/c1-11-5-6-12(16)10-14(11)22(18,19)17-7-3-2-4-13(17)15-20-8-9-21-15/h5-6,10,13,15H,2-4,7-9H2,1H3/t13-/m1/s1. The molecule has 122 valence electrons. The Morgan fingerprint density at radius 3 is 2.68 bits per heavy atom. The number of halogens is 1. The lowest BCUT2D eigenvalue weighted by Gasteiger charge is -2.37. The van der Waals surface area contributed by atoms with E-state index in [1.54, 1.807) is 19.1 Å². The summed E-state index contributed by atoms with van der Waals surface area (Å²) in [6, 6.07) is 4.69. The molecule has 2 aliphatic rings. The molecule has 0 unspecified atom stereocenters. The monoisotopic (exact) mass is 345 g/mol. The third-order valence-electron chi connectivity index (χ3n) is 4.20. The molecule has 5 nitrogen and oxygen atoms in total. The first kappa shape index (κ1) is 16.2. The topological polar surface area (TPSA) is 55.8 Å². The Hall–Kier alpha value is -0.660. The first-order valence-electron chi connectivity index (χ1n) is 7.51. The summed E-state index contributed by atoms with van der Waals surface area (Å²) in [6.45, 7) is 3.31. The number of aryl methyl sites for hydroxylation is 1. The van der Waals surface area contributed by atoms with E-state index in [-0.39, 0.29) is 10.9 Å². The van der Waals surface area contributed by atoms with Crippen molar-refractivity contribution in [2.45, 2.75) is 43.4 Å². The molecule has 3 rings (SSSR count).